The van der Waals surface area contributed by atoms with Gasteiger partial charge in [0.15, 0.2) is 0 Å². The van der Waals surface area contributed by atoms with Gasteiger partial charge < -0.3 is 9.64 Å². The molecule has 100 valence electrons. The summed E-state index contributed by atoms with van der Waals surface area (Å²) in [5.41, 5.74) is 0. The van der Waals surface area contributed by atoms with Crippen molar-refractivity contribution in [3.8, 4) is 5.75 Å². The quantitative estimate of drug-likeness (QED) is 0.891. The fourth-order valence-electron chi connectivity index (χ4n) is 1.34. The number of hydrogen-bond acceptors (Lipinski definition) is 4. The van der Waals surface area contributed by atoms with Gasteiger partial charge in [-0.15, -0.1) is 0 Å². The summed E-state index contributed by atoms with van der Waals surface area (Å²) in [6.45, 7) is 4.78. The van der Waals surface area contributed by atoms with Crippen LogP contribution in [0, 0.1) is 0 Å². The number of ether oxygens (including phenoxy) is 1. The molecule has 6 nitrogen and oxygen atoms in total. The average molecular weight is 272 g/mol. The second kappa shape index (κ2) is 5.83. The standard InChI is InChI=1S/C11H16N2O4S/c1-3-13(4-2)11(14)17-9-5-7-10(8-6-9)18(12,15)16/h5-8H,3-4H2,1-2H3,(H2,12,15,16). The highest BCUT2D eigenvalue weighted by molar-refractivity contribution is 7.89. The molecule has 0 radical (unpaired) electrons. The molecule has 2 N–H and O–H groups in total. The topological polar surface area (TPSA) is 89.7 Å². The van der Waals surface area contributed by atoms with Crippen molar-refractivity contribution >= 4 is 16.1 Å². The number of carbonyl (C=O) groups is 1. The van der Waals surface area contributed by atoms with Gasteiger partial charge in [-0.05, 0) is 38.1 Å². The minimum Gasteiger partial charge on any atom is -0.410 e. The van der Waals surface area contributed by atoms with Crippen LogP contribution in [0.5, 0.6) is 5.75 Å². The van der Waals surface area contributed by atoms with Gasteiger partial charge in [0, 0.05) is 13.1 Å². The lowest BCUT2D eigenvalue weighted by Gasteiger charge is -2.17. The molecule has 0 saturated heterocycles. The third kappa shape index (κ3) is 3.71. The van der Waals surface area contributed by atoms with E-state index in [2.05, 4.69) is 0 Å². The Bertz CT molecular complexity index is 506. The molecule has 1 amide bonds. The molecule has 1 rings (SSSR count). The van der Waals surface area contributed by atoms with Crippen molar-refractivity contribution in [3.05, 3.63) is 24.3 Å². The van der Waals surface area contributed by atoms with Crippen LogP contribution >= 0.6 is 0 Å². The molecule has 7 heteroatoms. The van der Waals surface area contributed by atoms with E-state index < -0.39 is 16.1 Å². The molecule has 0 fully saturated rings. The SMILES string of the molecule is CCN(CC)C(=O)Oc1ccc(S(N)(=O)=O)cc1. The summed E-state index contributed by atoms with van der Waals surface area (Å²) in [5, 5.41) is 4.96. The summed E-state index contributed by atoms with van der Waals surface area (Å²) in [4.78, 5) is 13.1. The lowest BCUT2D eigenvalue weighted by molar-refractivity contribution is 0.157. The Kier molecular flexibility index (Phi) is 4.69. The molecule has 0 bridgehead atoms. The molecule has 0 saturated carbocycles. The lowest BCUT2D eigenvalue weighted by Crippen LogP contribution is -2.33. The maximum absolute atomic E-state index is 11.6. The molecule has 0 aliphatic heterocycles. The molecule has 0 heterocycles. The number of nitrogens with zero attached hydrogens (tertiary/aromatic N) is 1. The molecule has 0 aliphatic carbocycles. The van der Waals surface area contributed by atoms with Gasteiger partial charge in [0.2, 0.25) is 10.0 Å². The van der Waals surface area contributed by atoms with Crippen molar-refractivity contribution in [3.63, 3.8) is 0 Å². The zero-order chi connectivity index (χ0) is 13.8. The first kappa shape index (κ1) is 14.5. The van der Waals surface area contributed by atoms with E-state index in [9.17, 15) is 13.2 Å². The van der Waals surface area contributed by atoms with Crippen molar-refractivity contribution in [1.82, 2.24) is 4.90 Å². The van der Waals surface area contributed by atoms with Crippen molar-refractivity contribution in [1.29, 1.82) is 0 Å². The van der Waals surface area contributed by atoms with Crippen LogP contribution in [-0.2, 0) is 10.0 Å². The van der Waals surface area contributed by atoms with Crippen LogP contribution in [0.2, 0.25) is 0 Å². The fourth-order valence-corrected chi connectivity index (χ4v) is 1.86. The van der Waals surface area contributed by atoms with E-state index in [-0.39, 0.29) is 10.6 Å². The molecule has 0 atom stereocenters. The number of benzene rings is 1. The zero-order valence-electron chi connectivity index (χ0n) is 10.3. The summed E-state index contributed by atoms with van der Waals surface area (Å²) in [7, 11) is -3.72. The van der Waals surface area contributed by atoms with E-state index in [0.29, 0.717) is 13.1 Å². The molecule has 0 unspecified atom stereocenters. The number of sulfonamides is 1. The van der Waals surface area contributed by atoms with Gasteiger partial charge in [0.05, 0.1) is 4.90 Å². The van der Waals surface area contributed by atoms with Crippen LogP contribution in [0.3, 0.4) is 0 Å². The Labute approximate surface area is 106 Å². The van der Waals surface area contributed by atoms with Gasteiger partial charge in [-0.1, -0.05) is 0 Å². The third-order valence-electron chi connectivity index (χ3n) is 2.38. The van der Waals surface area contributed by atoms with Gasteiger partial charge in [-0.25, -0.2) is 18.4 Å². The molecule has 1 aromatic rings. The van der Waals surface area contributed by atoms with E-state index in [0.717, 1.165) is 0 Å². The monoisotopic (exact) mass is 272 g/mol. The highest BCUT2D eigenvalue weighted by Gasteiger charge is 2.13. The van der Waals surface area contributed by atoms with E-state index in [1.54, 1.807) is 0 Å². The normalized spacial score (nSPS) is 11.1. The number of rotatable bonds is 4. The van der Waals surface area contributed by atoms with Crippen molar-refractivity contribution < 1.29 is 17.9 Å². The van der Waals surface area contributed by atoms with E-state index in [1.165, 1.54) is 29.2 Å². The molecular formula is C11H16N2O4S. The number of hydrogen-bond donors (Lipinski definition) is 1. The maximum atomic E-state index is 11.6. The lowest BCUT2D eigenvalue weighted by atomic mass is 10.3. The average Bonchev–Trinajstić information content (AvgIpc) is 2.30. The molecule has 1 aromatic carbocycles. The Hall–Kier alpha value is -1.60. The molecule has 0 aliphatic rings. The Morgan fingerprint density at radius 3 is 2.11 bits per heavy atom. The van der Waals surface area contributed by atoms with E-state index >= 15 is 0 Å². The summed E-state index contributed by atoms with van der Waals surface area (Å²) < 4.78 is 27.1. The first-order valence-electron chi connectivity index (χ1n) is 5.48. The first-order chi connectivity index (χ1) is 8.38. The number of amides is 1. The van der Waals surface area contributed by atoms with E-state index in [4.69, 9.17) is 9.88 Å². The predicted molar refractivity (Wildman–Crippen MR) is 66.8 cm³/mol. The zero-order valence-corrected chi connectivity index (χ0v) is 11.1. The Balaban J connectivity index is 2.79. The number of carbonyl (C=O) groups excluding carboxylic acids is 1. The third-order valence-corrected chi connectivity index (χ3v) is 3.31. The first-order valence-corrected chi connectivity index (χ1v) is 7.02. The highest BCUT2D eigenvalue weighted by Crippen LogP contribution is 2.15. The number of primary sulfonamides is 1. The van der Waals surface area contributed by atoms with Crippen LogP contribution in [-0.4, -0.2) is 32.5 Å². The molecule has 0 spiro atoms. The largest absolute Gasteiger partial charge is 0.415 e. The van der Waals surface area contributed by atoms with Gasteiger partial charge >= 0.3 is 6.09 Å². The maximum Gasteiger partial charge on any atom is 0.415 e. The van der Waals surface area contributed by atoms with E-state index in [1.807, 2.05) is 13.8 Å². The van der Waals surface area contributed by atoms with Crippen molar-refractivity contribution in [2.45, 2.75) is 18.7 Å². The fraction of sp³-hybridized carbons (Fsp3) is 0.364. The molecule has 0 aromatic heterocycles. The second-order valence-corrected chi connectivity index (χ2v) is 5.12. The Morgan fingerprint density at radius 2 is 1.72 bits per heavy atom. The van der Waals surface area contributed by atoms with Crippen LogP contribution in [0.4, 0.5) is 4.79 Å². The summed E-state index contributed by atoms with van der Waals surface area (Å²) >= 11 is 0. The smallest absolute Gasteiger partial charge is 0.410 e. The highest BCUT2D eigenvalue weighted by atomic mass is 32.2. The second-order valence-electron chi connectivity index (χ2n) is 3.56. The number of nitrogens with two attached hydrogens (primary N) is 1. The minimum absolute atomic E-state index is 0.0230. The van der Waals surface area contributed by atoms with Crippen molar-refractivity contribution in [2.75, 3.05) is 13.1 Å². The van der Waals surface area contributed by atoms with Crippen LogP contribution in [0.1, 0.15) is 13.8 Å². The van der Waals surface area contributed by atoms with Crippen LogP contribution in [0.15, 0.2) is 29.2 Å². The summed E-state index contributed by atoms with van der Waals surface area (Å²) in [6.07, 6.45) is -0.469. The predicted octanol–water partition coefficient (Wildman–Crippen LogP) is 1.17. The Morgan fingerprint density at radius 1 is 1.22 bits per heavy atom. The van der Waals surface area contributed by atoms with Gasteiger partial charge in [0.1, 0.15) is 5.75 Å². The van der Waals surface area contributed by atoms with Gasteiger partial charge in [0.25, 0.3) is 0 Å². The molecular weight excluding hydrogens is 256 g/mol. The molecule has 18 heavy (non-hydrogen) atoms. The van der Waals surface area contributed by atoms with Crippen LogP contribution in [0.25, 0.3) is 0 Å². The van der Waals surface area contributed by atoms with Crippen molar-refractivity contribution in [2.24, 2.45) is 5.14 Å². The van der Waals surface area contributed by atoms with Gasteiger partial charge in [-0.2, -0.15) is 0 Å². The van der Waals surface area contributed by atoms with Gasteiger partial charge in [-0.3, -0.25) is 0 Å². The summed E-state index contributed by atoms with van der Waals surface area (Å²) in [5.74, 6) is 0.277. The minimum atomic E-state index is -3.72. The van der Waals surface area contributed by atoms with Crippen LogP contribution < -0.4 is 9.88 Å². The summed E-state index contributed by atoms with van der Waals surface area (Å²) in [6, 6.07) is 5.36.